The normalized spacial score (nSPS) is 24.5. The summed E-state index contributed by atoms with van der Waals surface area (Å²) in [4.78, 5) is 9.20. The van der Waals surface area contributed by atoms with E-state index in [0.29, 0.717) is 0 Å². The largest absolute Gasteiger partial charge is 0.374 e. The number of piperidine rings is 1. The summed E-state index contributed by atoms with van der Waals surface area (Å²) >= 11 is 0. The maximum atomic E-state index is 5.76. The lowest BCUT2D eigenvalue weighted by atomic mass is 9.99. The predicted molar refractivity (Wildman–Crippen MR) is 111 cm³/mol. The highest BCUT2D eigenvalue weighted by Crippen LogP contribution is 2.15. The third-order valence-electron chi connectivity index (χ3n) is 4.88. The first-order chi connectivity index (χ1) is 11.2. The molecule has 142 valence electrons. The highest BCUT2D eigenvalue weighted by molar-refractivity contribution is 14.0. The first-order valence-electron chi connectivity index (χ1n) is 9.14. The number of morpholine rings is 1. The van der Waals surface area contributed by atoms with Gasteiger partial charge in [-0.1, -0.05) is 6.92 Å². The minimum Gasteiger partial charge on any atom is -0.374 e. The van der Waals surface area contributed by atoms with Crippen molar-refractivity contribution in [2.75, 3.05) is 66.5 Å². The standard InChI is InChI=1S/C17H35N5O.HI/c1-15-5-9-22(10-6-15)8-4-7-19-17(18-2)20-13-16-14-21(3)11-12-23-16;/h15-16H,4-14H2,1-3H3,(H2,18,19,20);1H. The molecule has 0 aromatic heterocycles. The zero-order valence-corrected chi connectivity index (χ0v) is 17.9. The topological polar surface area (TPSA) is 52.1 Å². The molecule has 2 aliphatic rings. The summed E-state index contributed by atoms with van der Waals surface area (Å²) in [6.07, 6.45) is 4.12. The van der Waals surface area contributed by atoms with Crippen LogP contribution >= 0.6 is 24.0 Å². The van der Waals surface area contributed by atoms with Crippen molar-refractivity contribution in [3.63, 3.8) is 0 Å². The number of rotatable bonds is 6. The SMILES string of the molecule is CN=C(NCCCN1CCC(C)CC1)NCC1CN(C)CCO1.I. The molecule has 2 fully saturated rings. The van der Waals surface area contributed by atoms with Gasteiger partial charge in [-0.15, -0.1) is 24.0 Å². The summed E-state index contributed by atoms with van der Waals surface area (Å²) in [5.74, 6) is 1.79. The van der Waals surface area contributed by atoms with Crippen molar-refractivity contribution in [1.82, 2.24) is 20.4 Å². The molecule has 0 amide bonds. The lowest BCUT2D eigenvalue weighted by molar-refractivity contribution is -0.0161. The number of nitrogens with one attached hydrogen (secondary N) is 2. The lowest BCUT2D eigenvalue weighted by Crippen LogP contribution is -2.48. The van der Waals surface area contributed by atoms with Crippen LogP contribution in [-0.2, 0) is 4.74 Å². The second kappa shape index (κ2) is 12.3. The van der Waals surface area contributed by atoms with Gasteiger partial charge in [0.2, 0.25) is 0 Å². The van der Waals surface area contributed by atoms with E-state index < -0.39 is 0 Å². The molecule has 0 aliphatic carbocycles. The molecule has 0 radical (unpaired) electrons. The average molecular weight is 453 g/mol. The van der Waals surface area contributed by atoms with Crippen LogP contribution in [0.25, 0.3) is 0 Å². The van der Waals surface area contributed by atoms with E-state index in [2.05, 4.69) is 39.4 Å². The average Bonchev–Trinajstić information content (AvgIpc) is 2.56. The Labute approximate surface area is 164 Å². The first-order valence-corrected chi connectivity index (χ1v) is 9.14. The Morgan fingerprint density at radius 3 is 2.62 bits per heavy atom. The molecule has 1 unspecified atom stereocenters. The third-order valence-corrected chi connectivity index (χ3v) is 4.88. The van der Waals surface area contributed by atoms with Crippen molar-refractivity contribution in [3.05, 3.63) is 0 Å². The number of likely N-dealkylation sites (N-methyl/N-ethyl adjacent to an activating group) is 1. The van der Waals surface area contributed by atoms with Gasteiger partial charge in [0, 0.05) is 33.2 Å². The lowest BCUT2D eigenvalue weighted by Gasteiger charge is -2.31. The van der Waals surface area contributed by atoms with Crippen LogP contribution in [0.2, 0.25) is 0 Å². The highest BCUT2D eigenvalue weighted by Gasteiger charge is 2.18. The summed E-state index contributed by atoms with van der Waals surface area (Å²) in [6, 6.07) is 0. The van der Waals surface area contributed by atoms with Crippen LogP contribution in [-0.4, -0.2) is 88.4 Å². The summed E-state index contributed by atoms with van der Waals surface area (Å²) in [5.41, 5.74) is 0. The maximum Gasteiger partial charge on any atom is 0.191 e. The fourth-order valence-electron chi connectivity index (χ4n) is 3.22. The smallest absolute Gasteiger partial charge is 0.191 e. The van der Waals surface area contributed by atoms with Gasteiger partial charge in [-0.25, -0.2) is 0 Å². The van der Waals surface area contributed by atoms with Crippen molar-refractivity contribution in [2.45, 2.75) is 32.3 Å². The molecule has 0 saturated carbocycles. The zero-order chi connectivity index (χ0) is 16.5. The minimum atomic E-state index is 0. The van der Waals surface area contributed by atoms with Crippen LogP contribution in [0.4, 0.5) is 0 Å². The molecule has 24 heavy (non-hydrogen) atoms. The van der Waals surface area contributed by atoms with Gasteiger partial charge >= 0.3 is 0 Å². The Bertz CT molecular complexity index is 361. The number of hydrogen-bond acceptors (Lipinski definition) is 4. The zero-order valence-electron chi connectivity index (χ0n) is 15.6. The van der Waals surface area contributed by atoms with E-state index in [9.17, 15) is 0 Å². The molecule has 1 atom stereocenters. The third kappa shape index (κ3) is 8.31. The van der Waals surface area contributed by atoms with Crippen LogP contribution in [0, 0.1) is 5.92 Å². The van der Waals surface area contributed by atoms with Crippen molar-refractivity contribution in [2.24, 2.45) is 10.9 Å². The number of ether oxygens (including phenoxy) is 1. The van der Waals surface area contributed by atoms with E-state index in [1.54, 1.807) is 0 Å². The minimum absolute atomic E-state index is 0. The fraction of sp³-hybridized carbons (Fsp3) is 0.941. The number of guanidine groups is 1. The van der Waals surface area contributed by atoms with Gasteiger partial charge in [0.1, 0.15) is 0 Å². The number of halogens is 1. The van der Waals surface area contributed by atoms with Crippen LogP contribution in [0.5, 0.6) is 0 Å². The van der Waals surface area contributed by atoms with Crippen molar-refractivity contribution < 1.29 is 4.74 Å². The predicted octanol–water partition coefficient (Wildman–Crippen LogP) is 1.22. The number of hydrogen-bond donors (Lipinski definition) is 2. The Kier molecular flexibility index (Phi) is 11.2. The van der Waals surface area contributed by atoms with Crippen LogP contribution in [0.15, 0.2) is 4.99 Å². The van der Waals surface area contributed by atoms with Gasteiger partial charge in [-0.05, 0) is 51.9 Å². The van der Waals surface area contributed by atoms with E-state index >= 15 is 0 Å². The molecule has 2 aliphatic heterocycles. The van der Waals surface area contributed by atoms with Crippen molar-refractivity contribution in [3.8, 4) is 0 Å². The van der Waals surface area contributed by atoms with E-state index in [1.165, 1.54) is 32.5 Å². The van der Waals surface area contributed by atoms with Crippen LogP contribution < -0.4 is 10.6 Å². The second-order valence-corrected chi connectivity index (χ2v) is 7.01. The maximum absolute atomic E-state index is 5.76. The van der Waals surface area contributed by atoms with Gasteiger partial charge < -0.3 is 25.2 Å². The van der Waals surface area contributed by atoms with E-state index in [1.807, 2.05) is 7.05 Å². The Morgan fingerprint density at radius 1 is 1.21 bits per heavy atom. The van der Waals surface area contributed by atoms with Crippen molar-refractivity contribution >= 4 is 29.9 Å². The molecule has 0 aromatic carbocycles. The second-order valence-electron chi connectivity index (χ2n) is 7.01. The summed E-state index contributed by atoms with van der Waals surface area (Å²) in [7, 11) is 3.97. The van der Waals surface area contributed by atoms with Gasteiger partial charge in [0.15, 0.2) is 5.96 Å². The number of likely N-dealkylation sites (tertiary alicyclic amines) is 1. The Hall–Kier alpha value is -0.120. The molecule has 0 spiro atoms. The van der Waals surface area contributed by atoms with Crippen LogP contribution in [0.1, 0.15) is 26.2 Å². The summed E-state index contributed by atoms with van der Waals surface area (Å²) in [6.45, 7) is 10.7. The summed E-state index contributed by atoms with van der Waals surface area (Å²) < 4.78 is 5.76. The highest BCUT2D eigenvalue weighted by atomic mass is 127. The van der Waals surface area contributed by atoms with Gasteiger partial charge in [-0.2, -0.15) is 0 Å². The van der Waals surface area contributed by atoms with Gasteiger partial charge in [-0.3, -0.25) is 4.99 Å². The number of nitrogens with zero attached hydrogens (tertiary/aromatic N) is 3. The Morgan fingerprint density at radius 2 is 1.96 bits per heavy atom. The van der Waals surface area contributed by atoms with E-state index in [-0.39, 0.29) is 30.1 Å². The molecule has 7 heteroatoms. The molecule has 2 saturated heterocycles. The molecular formula is C17H36IN5O. The molecule has 0 bridgehead atoms. The first kappa shape index (κ1) is 21.9. The molecule has 2 rings (SSSR count). The molecule has 0 aromatic rings. The monoisotopic (exact) mass is 453 g/mol. The van der Waals surface area contributed by atoms with Gasteiger partial charge in [0.05, 0.1) is 12.7 Å². The molecular weight excluding hydrogens is 417 g/mol. The molecule has 6 nitrogen and oxygen atoms in total. The van der Waals surface area contributed by atoms with Gasteiger partial charge in [0.25, 0.3) is 0 Å². The summed E-state index contributed by atoms with van der Waals surface area (Å²) in [5, 5.41) is 6.79. The van der Waals surface area contributed by atoms with Crippen LogP contribution in [0.3, 0.4) is 0 Å². The van der Waals surface area contributed by atoms with E-state index in [4.69, 9.17) is 4.74 Å². The number of aliphatic imine (C=N–C) groups is 1. The Balaban J connectivity index is 0.00000288. The van der Waals surface area contributed by atoms with Crippen molar-refractivity contribution in [1.29, 1.82) is 0 Å². The quantitative estimate of drug-likeness (QED) is 0.274. The molecule has 2 heterocycles. The fourth-order valence-corrected chi connectivity index (χ4v) is 3.22. The molecule has 2 N–H and O–H groups in total. The van der Waals surface area contributed by atoms with E-state index in [0.717, 1.165) is 51.1 Å².